The number of methoxy groups -OCH3 is 1. The van der Waals surface area contributed by atoms with Gasteiger partial charge >= 0.3 is 0 Å². The Balaban J connectivity index is 1.39. The van der Waals surface area contributed by atoms with Crippen molar-refractivity contribution in [3.8, 4) is 5.75 Å². The van der Waals surface area contributed by atoms with Gasteiger partial charge in [0.2, 0.25) is 0 Å². The number of rotatable bonds is 5. The Bertz CT molecular complexity index is 753. The summed E-state index contributed by atoms with van der Waals surface area (Å²) >= 11 is 0. The zero-order chi connectivity index (χ0) is 19.5. The van der Waals surface area contributed by atoms with Crippen molar-refractivity contribution in [2.75, 3.05) is 13.7 Å². The molecule has 7 heteroatoms. The van der Waals surface area contributed by atoms with Gasteiger partial charge in [-0.25, -0.2) is 0 Å². The molecule has 2 saturated heterocycles. The largest absolute Gasteiger partial charge is 0.497 e. The van der Waals surface area contributed by atoms with Gasteiger partial charge in [0.25, 0.3) is 0 Å². The van der Waals surface area contributed by atoms with Crippen molar-refractivity contribution in [1.29, 1.82) is 0 Å². The zero-order valence-electron chi connectivity index (χ0n) is 15.6. The summed E-state index contributed by atoms with van der Waals surface area (Å²) in [5.41, 5.74) is 8.02. The minimum Gasteiger partial charge on any atom is -0.497 e. The summed E-state index contributed by atoms with van der Waals surface area (Å²) in [4.78, 5) is 0. The van der Waals surface area contributed by atoms with E-state index in [4.69, 9.17) is 29.4 Å². The minimum absolute atomic E-state index is 0.274. The second-order valence-corrected chi connectivity index (χ2v) is 6.95. The first kappa shape index (κ1) is 19.3. The van der Waals surface area contributed by atoms with Crippen molar-refractivity contribution in [2.24, 2.45) is 5.73 Å². The van der Waals surface area contributed by atoms with Gasteiger partial charge in [-0.05, 0) is 17.7 Å². The molecule has 3 N–H and O–H groups in total. The molecule has 0 unspecified atom stereocenters. The molecule has 2 aromatic rings. The Labute approximate surface area is 163 Å². The van der Waals surface area contributed by atoms with Crippen LogP contribution in [0.15, 0.2) is 54.6 Å². The van der Waals surface area contributed by atoms with E-state index in [1.54, 1.807) is 7.11 Å². The molecule has 0 bridgehead atoms. The molecule has 2 heterocycles. The standard InChI is InChI=1S/C21H25NO6/c1-24-15-9-7-14(8-10-15)20-26-12-16-19(28-20)18(23)17(22)21(27-16)25-11-13-5-3-2-4-6-13/h2-10,16-21,23H,11-12,22H2,1H3/t16-,17-,18-,19-,20-,21+/m1/s1. The van der Waals surface area contributed by atoms with Gasteiger partial charge in [-0.3, -0.25) is 0 Å². The van der Waals surface area contributed by atoms with Crippen molar-refractivity contribution >= 4 is 0 Å². The van der Waals surface area contributed by atoms with Crippen molar-refractivity contribution < 1.29 is 28.8 Å². The average molecular weight is 387 g/mol. The number of aliphatic hydroxyl groups excluding tert-OH is 1. The SMILES string of the molecule is COc1ccc([C@@H]2OC[C@H]3O[C@H](OCc4ccccc4)[C@H](N)[C@@H](O)[C@@H]3O2)cc1. The molecule has 0 amide bonds. The summed E-state index contributed by atoms with van der Waals surface area (Å²) in [6.45, 7) is 0.621. The van der Waals surface area contributed by atoms with Crippen LogP contribution < -0.4 is 10.5 Å². The molecule has 0 aromatic heterocycles. The van der Waals surface area contributed by atoms with Gasteiger partial charge in [-0.15, -0.1) is 0 Å². The Morgan fingerprint density at radius 3 is 2.54 bits per heavy atom. The number of aliphatic hydroxyl groups is 1. The first-order valence-corrected chi connectivity index (χ1v) is 9.31. The van der Waals surface area contributed by atoms with E-state index >= 15 is 0 Å². The predicted octanol–water partition coefficient (Wildman–Crippen LogP) is 1.74. The highest BCUT2D eigenvalue weighted by Crippen LogP contribution is 2.34. The van der Waals surface area contributed by atoms with Gasteiger partial charge in [-0.1, -0.05) is 42.5 Å². The lowest BCUT2D eigenvalue weighted by molar-refractivity contribution is -0.343. The van der Waals surface area contributed by atoms with Crippen molar-refractivity contribution in [1.82, 2.24) is 0 Å². The van der Waals surface area contributed by atoms with E-state index in [2.05, 4.69) is 0 Å². The van der Waals surface area contributed by atoms with Gasteiger partial charge < -0.3 is 34.5 Å². The second-order valence-electron chi connectivity index (χ2n) is 6.95. The van der Waals surface area contributed by atoms with Crippen molar-refractivity contribution in [3.63, 3.8) is 0 Å². The number of hydrogen-bond acceptors (Lipinski definition) is 7. The molecule has 2 aliphatic rings. The molecule has 6 atom stereocenters. The molecule has 4 rings (SSSR count). The first-order valence-electron chi connectivity index (χ1n) is 9.31. The van der Waals surface area contributed by atoms with E-state index in [9.17, 15) is 5.11 Å². The highest BCUT2D eigenvalue weighted by Gasteiger charge is 2.48. The highest BCUT2D eigenvalue weighted by molar-refractivity contribution is 5.28. The summed E-state index contributed by atoms with van der Waals surface area (Å²) in [5, 5.41) is 10.7. The van der Waals surface area contributed by atoms with Gasteiger partial charge in [-0.2, -0.15) is 0 Å². The summed E-state index contributed by atoms with van der Waals surface area (Å²) < 4.78 is 28.7. The highest BCUT2D eigenvalue weighted by atomic mass is 16.7. The zero-order valence-corrected chi connectivity index (χ0v) is 15.6. The fraction of sp³-hybridized carbons (Fsp3) is 0.429. The van der Waals surface area contributed by atoms with Crippen LogP contribution in [0.4, 0.5) is 0 Å². The molecule has 7 nitrogen and oxygen atoms in total. The Hall–Kier alpha value is -2.00. The van der Waals surface area contributed by atoms with Crippen LogP contribution in [0.3, 0.4) is 0 Å². The van der Waals surface area contributed by atoms with E-state index in [-0.39, 0.29) is 6.61 Å². The van der Waals surface area contributed by atoms with E-state index < -0.39 is 36.9 Å². The lowest BCUT2D eigenvalue weighted by atomic mass is 9.96. The number of nitrogens with two attached hydrogens (primary N) is 1. The third-order valence-corrected chi connectivity index (χ3v) is 5.06. The van der Waals surface area contributed by atoms with Crippen LogP contribution in [0.5, 0.6) is 5.75 Å². The number of fused-ring (bicyclic) bond motifs is 1. The predicted molar refractivity (Wildman–Crippen MR) is 100 cm³/mol. The lowest BCUT2D eigenvalue weighted by Crippen LogP contribution is -2.64. The topological polar surface area (TPSA) is 92.4 Å². The lowest BCUT2D eigenvalue weighted by Gasteiger charge is -2.46. The monoisotopic (exact) mass is 387 g/mol. The third-order valence-electron chi connectivity index (χ3n) is 5.06. The van der Waals surface area contributed by atoms with Crippen LogP contribution in [-0.4, -0.2) is 49.5 Å². The quantitative estimate of drug-likeness (QED) is 0.807. The Morgan fingerprint density at radius 2 is 1.82 bits per heavy atom. The average Bonchev–Trinajstić information content (AvgIpc) is 2.76. The van der Waals surface area contributed by atoms with Crippen molar-refractivity contribution in [3.05, 3.63) is 65.7 Å². The van der Waals surface area contributed by atoms with Crippen molar-refractivity contribution in [2.45, 2.75) is 43.5 Å². The molecule has 2 aromatic carbocycles. The summed E-state index contributed by atoms with van der Waals surface area (Å²) in [5.74, 6) is 0.749. The molecule has 28 heavy (non-hydrogen) atoms. The van der Waals surface area contributed by atoms with Crippen LogP contribution in [0.25, 0.3) is 0 Å². The Kier molecular flexibility index (Phi) is 5.91. The summed E-state index contributed by atoms with van der Waals surface area (Å²) in [6.07, 6.45) is -3.30. The third kappa shape index (κ3) is 4.05. The van der Waals surface area contributed by atoms with E-state index in [1.807, 2.05) is 54.6 Å². The minimum atomic E-state index is -0.927. The van der Waals surface area contributed by atoms with Gasteiger partial charge in [0, 0.05) is 5.56 Å². The fourth-order valence-corrected chi connectivity index (χ4v) is 3.45. The normalized spacial score (nSPS) is 32.5. The van der Waals surface area contributed by atoms with Gasteiger partial charge in [0.05, 0.1) is 26.4 Å². The van der Waals surface area contributed by atoms with Gasteiger partial charge in [0.1, 0.15) is 24.1 Å². The van der Waals surface area contributed by atoms with Crippen LogP contribution >= 0.6 is 0 Å². The molecular weight excluding hydrogens is 362 g/mol. The van der Waals surface area contributed by atoms with Crippen LogP contribution in [0.2, 0.25) is 0 Å². The molecular formula is C21H25NO6. The number of benzene rings is 2. The molecule has 0 radical (unpaired) electrons. The fourth-order valence-electron chi connectivity index (χ4n) is 3.45. The van der Waals surface area contributed by atoms with E-state index in [1.165, 1.54) is 0 Å². The molecule has 0 spiro atoms. The molecule has 2 fully saturated rings. The summed E-state index contributed by atoms with van der Waals surface area (Å²) in [7, 11) is 1.61. The number of ether oxygens (including phenoxy) is 5. The van der Waals surface area contributed by atoms with E-state index in [0.29, 0.717) is 6.61 Å². The maximum Gasteiger partial charge on any atom is 0.184 e. The Morgan fingerprint density at radius 1 is 1.07 bits per heavy atom. The molecule has 150 valence electrons. The van der Waals surface area contributed by atoms with Crippen LogP contribution in [-0.2, 0) is 25.6 Å². The summed E-state index contributed by atoms with van der Waals surface area (Å²) in [6, 6.07) is 16.4. The second kappa shape index (κ2) is 8.57. The van der Waals surface area contributed by atoms with Crippen LogP contribution in [0, 0.1) is 0 Å². The molecule has 0 saturated carbocycles. The van der Waals surface area contributed by atoms with E-state index in [0.717, 1.165) is 16.9 Å². The van der Waals surface area contributed by atoms with Gasteiger partial charge in [0.15, 0.2) is 12.6 Å². The molecule has 0 aliphatic carbocycles. The maximum atomic E-state index is 10.7. The smallest absolute Gasteiger partial charge is 0.184 e. The molecule has 2 aliphatic heterocycles. The first-order chi connectivity index (χ1) is 13.7. The van der Waals surface area contributed by atoms with Crippen LogP contribution in [0.1, 0.15) is 17.4 Å². The maximum absolute atomic E-state index is 10.7. The number of hydrogen-bond donors (Lipinski definition) is 2.